The van der Waals surface area contributed by atoms with Crippen molar-refractivity contribution in [3.05, 3.63) is 24.3 Å². The standard InChI is InChI=1S/C12H13F3N2O4S/c13-12(14,15)21-8-3-5-9(6-4-8)22(19,20)17-10-2-1-7-16-11(10)18/h3-6,10,17H,1-2,7H2,(H,16,18)/t10-/m0/s1. The number of sulfonamides is 1. The molecule has 2 rings (SSSR count). The number of halogens is 3. The predicted octanol–water partition coefficient (Wildman–Crippen LogP) is 1.14. The van der Waals surface area contributed by atoms with Crippen LogP contribution in [0.3, 0.4) is 0 Å². The SMILES string of the molecule is O=C1NCCC[C@@H]1NS(=O)(=O)c1ccc(OC(F)(F)F)cc1. The molecule has 6 nitrogen and oxygen atoms in total. The molecule has 0 aliphatic carbocycles. The molecule has 1 aliphatic heterocycles. The van der Waals surface area contributed by atoms with E-state index in [1.54, 1.807) is 0 Å². The Balaban J connectivity index is 2.10. The highest BCUT2D eigenvalue weighted by Crippen LogP contribution is 2.24. The van der Waals surface area contributed by atoms with Crippen LogP contribution in [0, 0.1) is 0 Å². The summed E-state index contributed by atoms with van der Waals surface area (Å²) >= 11 is 0. The summed E-state index contributed by atoms with van der Waals surface area (Å²) in [7, 11) is -4.00. The minimum Gasteiger partial charge on any atom is -0.406 e. The fraction of sp³-hybridized carbons (Fsp3) is 0.417. The molecule has 1 amide bonds. The van der Waals surface area contributed by atoms with E-state index in [-0.39, 0.29) is 4.90 Å². The van der Waals surface area contributed by atoms with Crippen molar-refractivity contribution in [2.24, 2.45) is 0 Å². The number of carbonyl (C=O) groups is 1. The summed E-state index contributed by atoms with van der Waals surface area (Å²) in [5.74, 6) is -0.950. The Bertz CT molecular complexity index is 643. The number of piperidine rings is 1. The summed E-state index contributed by atoms with van der Waals surface area (Å²) in [6.45, 7) is 0.487. The maximum absolute atomic E-state index is 12.1. The molecule has 2 N–H and O–H groups in total. The Morgan fingerprint density at radius 3 is 2.41 bits per heavy atom. The van der Waals surface area contributed by atoms with Gasteiger partial charge in [0.1, 0.15) is 11.8 Å². The van der Waals surface area contributed by atoms with Gasteiger partial charge >= 0.3 is 6.36 Å². The van der Waals surface area contributed by atoms with Gasteiger partial charge in [-0.15, -0.1) is 13.2 Å². The van der Waals surface area contributed by atoms with Crippen molar-refractivity contribution >= 4 is 15.9 Å². The van der Waals surface area contributed by atoms with Gasteiger partial charge < -0.3 is 10.1 Å². The van der Waals surface area contributed by atoms with E-state index in [1.807, 2.05) is 0 Å². The van der Waals surface area contributed by atoms with Gasteiger partial charge in [0.25, 0.3) is 0 Å². The van der Waals surface area contributed by atoms with Gasteiger partial charge in [0.15, 0.2) is 0 Å². The molecule has 10 heteroatoms. The lowest BCUT2D eigenvalue weighted by Crippen LogP contribution is -2.50. The number of nitrogens with one attached hydrogen (secondary N) is 2. The molecule has 1 fully saturated rings. The number of carbonyl (C=O) groups excluding carboxylic acids is 1. The first-order chi connectivity index (χ1) is 10.2. The molecule has 0 radical (unpaired) electrons. The molecular weight excluding hydrogens is 325 g/mol. The summed E-state index contributed by atoms with van der Waals surface area (Å²) in [6, 6.07) is 2.85. The Kier molecular flexibility index (Phi) is 4.61. The monoisotopic (exact) mass is 338 g/mol. The van der Waals surface area contributed by atoms with Gasteiger partial charge in [0, 0.05) is 6.54 Å². The molecule has 1 aromatic rings. The van der Waals surface area contributed by atoms with Crippen molar-refractivity contribution < 1.29 is 31.1 Å². The largest absolute Gasteiger partial charge is 0.573 e. The number of benzene rings is 1. The highest BCUT2D eigenvalue weighted by molar-refractivity contribution is 7.89. The number of amides is 1. The topological polar surface area (TPSA) is 84.5 Å². The second-order valence-corrected chi connectivity index (χ2v) is 6.34. The average molecular weight is 338 g/mol. The van der Waals surface area contributed by atoms with E-state index in [0.717, 1.165) is 24.3 Å². The second kappa shape index (κ2) is 6.13. The summed E-state index contributed by atoms with van der Waals surface area (Å²) in [5, 5.41) is 2.53. The van der Waals surface area contributed by atoms with Crippen molar-refractivity contribution in [1.82, 2.24) is 10.0 Å². The first kappa shape index (κ1) is 16.6. The van der Waals surface area contributed by atoms with Gasteiger partial charge in [-0.1, -0.05) is 0 Å². The molecule has 0 spiro atoms. The molecule has 0 saturated carbocycles. The summed E-state index contributed by atoms with van der Waals surface area (Å²) < 4.78 is 66.2. The summed E-state index contributed by atoms with van der Waals surface area (Å²) in [5.41, 5.74) is 0. The van der Waals surface area contributed by atoms with E-state index in [1.165, 1.54) is 0 Å². The van der Waals surface area contributed by atoms with E-state index >= 15 is 0 Å². The number of hydrogen-bond donors (Lipinski definition) is 2. The highest BCUT2D eigenvalue weighted by Gasteiger charge is 2.31. The molecule has 1 heterocycles. The van der Waals surface area contributed by atoms with Gasteiger partial charge in [-0.25, -0.2) is 8.42 Å². The Morgan fingerprint density at radius 1 is 1.23 bits per heavy atom. The molecule has 1 saturated heterocycles. The zero-order valence-corrected chi connectivity index (χ0v) is 12.0. The number of alkyl halides is 3. The maximum Gasteiger partial charge on any atom is 0.573 e. The fourth-order valence-electron chi connectivity index (χ4n) is 1.96. The Morgan fingerprint density at radius 2 is 1.86 bits per heavy atom. The van der Waals surface area contributed by atoms with Crippen LogP contribution in [0.4, 0.5) is 13.2 Å². The van der Waals surface area contributed by atoms with Gasteiger partial charge in [-0.2, -0.15) is 4.72 Å². The van der Waals surface area contributed by atoms with Gasteiger partial charge in [-0.05, 0) is 37.1 Å². The van der Waals surface area contributed by atoms with Gasteiger partial charge in [0.2, 0.25) is 15.9 Å². The van der Waals surface area contributed by atoms with Crippen LogP contribution in [-0.2, 0) is 14.8 Å². The normalized spacial score (nSPS) is 19.6. The third-order valence-corrected chi connectivity index (χ3v) is 4.44. The van der Waals surface area contributed by atoms with Crippen LogP contribution in [0.15, 0.2) is 29.2 Å². The van der Waals surface area contributed by atoms with Crippen LogP contribution in [0.5, 0.6) is 5.75 Å². The zero-order valence-electron chi connectivity index (χ0n) is 11.2. The van der Waals surface area contributed by atoms with Crippen molar-refractivity contribution in [1.29, 1.82) is 0 Å². The fourth-order valence-corrected chi connectivity index (χ4v) is 3.19. The lowest BCUT2D eigenvalue weighted by atomic mass is 10.1. The summed E-state index contributed by atoms with van der Waals surface area (Å²) in [4.78, 5) is 11.3. The van der Waals surface area contributed by atoms with Gasteiger partial charge in [-0.3, -0.25) is 4.79 Å². The smallest absolute Gasteiger partial charge is 0.406 e. The lowest BCUT2D eigenvalue weighted by Gasteiger charge is -2.22. The lowest BCUT2D eigenvalue weighted by molar-refractivity contribution is -0.274. The van der Waals surface area contributed by atoms with Crippen LogP contribution >= 0.6 is 0 Å². The third-order valence-electron chi connectivity index (χ3n) is 2.95. The minimum absolute atomic E-state index is 0.250. The minimum atomic E-state index is -4.85. The van der Waals surface area contributed by atoms with E-state index in [4.69, 9.17) is 0 Å². The van der Waals surface area contributed by atoms with E-state index in [9.17, 15) is 26.4 Å². The number of ether oxygens (including phenoxy) is 1. The van der Waals surface area contributed by atoms with E-state index in [0.29, 0.717) is 19.4 Å². The molecule has 0 bridgehead atoms. The Labute approximate surface area is 124 Å². The number of hydrogen-bond acceptors (Lipinski definition) is 4. The molecule has 1 atom stereocenters. The molecular formula is C12H13F3N2O4S. The third kappa shape index (κ3) is 4.34. The zero-order chi connectivity index (χ0) is 16.4. The second-order valence-electron chi connectivity index (χ2n) is 4.63. The maximum atomic E-state index is 12.1. The van der Waals surface area contributed by atoms with E-state index in [2.05, 4.69) is 14.8 Å². The van der Waals surface area contributed by atoms with Gasteiger partial charge in [0.05, 0.1) is 4.90 Å². The molecule has 122 valence electrons. The summed E-state index contributed by atoms with van der Waals surface area (Å²) in [6.07, 6.45) is -3.85. The Hall–Kier alpha value is -1.81. The van der Waals surface area contributed by atoms with Crippen molar-refractivity contribution in [3.8, 4) is 5.75 Å². The highest BCUT2D eigenvalue weighted by atomic mass is 32.2. The van der Waals surface area contributed by atoms with E-state index < -0.39 is 34.1 Å². The molecule has 1 aliphatic rings. The van der Waals surface area contributed by atoms with Crippen LogP contribution in [0.25, 0.3) is 0 Å². The van der Waals surface area contributed by atoms with Crippen molar-refractivity contribution in [3.63, 3.8) is 0 Å². The predicted molar refractivity (Wildman–Crippen MR) is 69.5 cm³/mol. The molecule has 0 aromatic heterocycles. The molecule has 1 aromatic carbocycles. The van der Waals surface area contributed by atoms with Crippen LogP contribution in [-0.4, -0.2) is 33.3 Å². The van der Waals surface area contributed by atoms with Crippen molar-refractivity contribution in [2.45, 2.75) is 30.1 Å². The van der Waals surface area contributed by atoms with Crippen LogP contribution < -0.4 is 14.8 Å². The molecule has 0 unspecified atom stereocenters. The first-order valence-electron chi connectivity index (χ1n) is 6.33. The quantitative estimate of drug-likeness (QED) is 0.862. The number of rotatable bonds is 4. The molecule has 22 heavy (non-hydrogen) atoms. The van der Waals surface area contributed by atoms with Crippen LogP contribution in [0.1, 0.15) is 12.8 Å². The average Bonchev–Trinajstić information content (AvgIpc) is 2.40. The first-order valence-corrected chi connectivity index (χ1v) is 7.81. The van der Waals surface area contributed by atoms with Crippen LogP contribution in [0.2, 0.25) is 0 Å². The van der Waals surface area contributed by atoms with Crippen molar-refractivity contribution in [2.75, 3.05) is 6.54 Å².